The maximum Gasteiger partial charge on any atom is 0.282 e. The summed E-state index contributed by atoms with van der Waals surface area (Å²) in [6, 6.07) is 0. The number of nitrogens with two attached hydrogens (primary N) is 2. The highest BCUT2D eigenvalue weighted by Crippen LogP contribution is 2.46. The summed E-state index contributed by atoms with van der Waals surface area (Å²) in [5, 5.41) is 14.2. The predicted octanol–water partition coefficient (Wildman–Crippen LogP) is 0.296. The van der Waals surface area contributed by atoms with Crippen molar-refractivity contribution in [2.45, 2.75) is 41.4 Å². The van der Waals surface area contributed by atoms with Crippen LogP contribution in [0, 0.1) is 5.92 Å². The monoisotopic (exact) mass is 680 g/mol. The number of anilines is 2. The van der Waals surface area contributed by atoms with E-state index in [1.54, 1.807) is 0 Å². The van der Waals surface area contributed by atoms with Crippen LogP contribution in [0.3, 0.4) is 0 Å². The number of thiol groups is 1. The van der Waals surface area contributed by atoms with Crippen molar-refractivity contribution in [3.05, 3.63) is 16.7 Å². The van der Waals surface area contributed by atoms with Crippen LogP contribution in [0.5, 0.6) is 0 Å². The number of ether oxygens (including phenoxy) is 1. The smallest absolute Gasteiger partial charge is 0.282 e. The lowest BCUT2D eigenvalue weighted by molar-refractivity contribution is -0.0400. The molecule has 24 heteroatoms. The zero-order valence-electron chi connectivity index (χ0n) is 21.6. The number of nitrogens with one attached hydrogen (secondary N) is 1. The number of fused-ring (bicyclic) bond motifs is 2. The third-order valence-corrected chi connectivity index (χ3v) is 9.38. The molecular weight excluding hydrogens is 656 g/mol. The normalized spacial score (nSPS) is 29.6. The molecule has 0 radical (unpaired) electrons. The van der Waals surface area contributed by atoms with Crippen LogP contribution in [-0.4, -0.2) is 99.5 Å². The van der Waals surface area contributed by atoms with Gasteiger partial charge in [-0.05, 0) is 12.9 Å². The van der Waals surface area contributed by atoms with Crippen molar-refractivity contribution >= 4 is 77.3 Å². The fraction of sp³-hybridized carbons (Fsp3) is 0.579. The molecule has 0 aromatic carbocycles. The number of halogens is 2. The van der Waals surface area contributed by atoms with E-state index in [1.807, 2.05) is 0 Å². The molecule has 232 valence electrons. The minimum atomic E-state index is -1.57. The second-order valence-corrected chi connectivity index (χ2v) is 12.1. The fourth-order valence-electron chi connectivity index (χ4n) is 4.83. The Balaban J connectivity index is 1.06. The quantitative estimate of drug-likeness (QED) is 0.0722. The van der Waals surface area contributed by atoms with Gasteiger partial charge in [-0.25, -0.2) is 23.4 Å². The lowest BCUT2D eigenvalue weighted by Crippen LogP contribution is -2.31. The predicted molar refractivity (Wildman–Crippen MR) is 155 cm³/mol. The molecule has 2 saturated heterocycles. The molecule has 0 amide bonds. The second-order valence-electron chi connectivity index (χ2n) is 9.41. The lowest BCUT2D eigenvalue weighted by atomic mass is 10.0. The first-order chi connectivity index (χ1) is 20.8. The summed E-state index contributed by atoms with van der Waals surface area (Å²) in [6.45, 7) is -0.112. The number of aromatic amines is 1. The van der Waals surface area contributed by atoms with Gasteiger partial charge < -0.3 is 34.0 Å². The SMILES string of the molecule is Nc1nc2c(nnn2[C@@H]2S[C@H](COPOC[C@H]3[C@H](F)[C@H](n4nnc5c(N)ncnc54)O[C@@H]3COP)[C@@H](F)[C@H]2OS)c(=O)[nH]1. The number of hydrogen-bond acceptors (Lipinski definition) is 17. The van der Waals surface area contributed by atoms with Gasteiger partial charge in [0.15, 0.2) is 49.6 Å². The Kier molecular flexibility index (Phi) is 9.18. The molecule has 6 heterocycles. The summed E-state index contributed by atoms with van der Waals surface area (Å²) in [6.07, 6.45) is -4.80. The molecule has 2 fully saturated rings. The minimum absolute atomic E-state index is 0.0539. The second kappa shape index (κ2) is 12.9. The van der Waals surface area contributed by atoms with Gasteiger partial charge in [-0.1, -0.05) is 10.4 Å². The molecule has 2 unspecified atom stereocenters. The van der Waals surface area contributed by atoms with E-state index in [-0.39, 0.29) is 53.9 Å². The van der Waals surface area contributed by atoms with Gasteiger partial charge in [-0.2, -0.15) is 9.67 Å². The molecule has 10 atom stereocenters. The average Bonchev–Trinajstić information content (AvgIpc) is 3.74. The molecule has 6 rings (SSSR count). The number of hydrogen-bond donors (Lipinski definition) is 4. The Morgan fingerprint density at radius 2 is 1.86 bits per heavy atom. The standard InChI is InChI=1S/C19H24F2N12O6P2S2/c20-8-5(6(2-35-40)38-17(8)32-14-10(28-30-32)13(22)24-4-25-14)1-36-41-37-3-7-9(21)12(39-42)18(43-7)33-15-11(29-31-33)16(34)27-19(23)26-15/h4-9,12,17-18,41-42H,1-3,40H2,(H2,22,24,25)(H3,23,26,27,34)/t5-,6-,7-,8+,9-,12-,17-,18-/m1/s1. The number of alkyl halides is 2. The van der Waals surface area contributed by atoms with Gasteiger partial charge in [0.2, 0.25) is 5.95 Å². The Labute approximate surface area is 253 Å². The Morgan fingerprint density at radius 3 is 2.65 bits per heavy atom. The van der Waals surface area contributed by atoms with Crippen molar-refractivity contribution in [1.29, 1.82) is 0 Å². The van der Waals surface area contributed by atoms with Gasteiger partial charge >= 0.3 is 0 Å². The molecule has 4 aromatic rings. The summed E-state index contributed by atoms with van der Waals surface area (Å²) >= 11 is 4.97. The number of H-pyrrole nitrogens is 1. The van der Waals surface area contributed by atoms with E-state index in [0.717, 1.165) is 11.8 Å². The van der Waals surface area contributed by atoms with E-state index in [2.05, 4.69) is 62.9 Å². The first-order valence-electron chi connectivity index (χ1n) is 12.4. The first-order valence-corrected chi connectivity index (χ1v) is 15.0. The molecule has 2 aliphatic heterocycles. The van der Waals surface area contributed by atoms with Crippen LogP contribution >= 0.6 is 43.2 Å². The van der Waals surface area contributed by atoms with Crippen molar-refractivity contribution < 1.29 is 31.3 Å². The molecule has 0 saturated carbocycles. The van der Waals surface area contributed by atoms with E-state index in [4.69, 9.17) is 34.0 Å². The van der Waals surface area contributed by atoms with Crippen molar-refractivity contribution in [2.24, 2.45) is 5.92 Å². The molecule has 0 spiro atoms. The van der Waals surface area contributed by atoms with Crippen LogP contribution in [0.1, 0.15) is 11.6 Å². The van der Waals surface area contributed by atoms with E-state index in [9.17, 15) is 4.79 Å². The molecule has 0 bridgehead atoms. The van der Waals surface area contributed by atoms with Gasteiger partial charge in [-0.15, -0.1) is 22.0 Å². The number of rotatable bonds is 11. The summed E-state index contributed by atoms with van der Waals surface area (Å²) in [4.78, 5) is 26.5. The summed E-state index contributed by atoms with van der Waals surface area (Å²) in [5.74, 6) is -0.796. The van der Waals surface area contributed by atoms with Gasteiger partial charge in [0.05, 0.1) is 31.2 Å². The molecule has 4 aromatic heterocycles. The van der Waals surface area contributed by atoms with Crippen LogP contribution in [0.2, 0.25) is 0 Å². The Bertz CT molecular complexity index is 1650. The Hall–Kier alpha value is -2.42. The summed E-state index contributed by atoms with van der Waals surface area (Å²) in [5.41, 5.74) is 11.4. The van der Waals surface area contributed by atoms with Crippen LogP contribution in [-0.2, 0) is 22.5 Å². The van der Waals surface area contributed by atoms with Gasteiger partial charge in [0, 0.05) is 15.4 Å². The molecular formula is C19H24F2N12O6P2S2. The largest absolute Gasteiger partial charge is 0.382 e. The third kappa shape index (κ3) is 5.75. The average molecular weight is 681 g/mol. The number of nitrogens with zero attached hydrogens (tertiary/aromatic N) is 9. The van der Waals surface area contributed by atoms with Gasteiger partial charge in [-0.3, -0.25) is 9.78 Å². The zero-order chi connectivity index (χ0) is 30.2. The zero-order valence-corrected chi connectivity index (χ0v) is 25.5. The van der Waals surface area contributed by atoms with Crippen LogP contribution < -0.4 is 17.0 Å². The Morgan fingerprint density at radius 1 is 1.09 bits per heavy atom. The molecule has 18 nitrogen and oxygen atoms in total. The third-order valence-electron chi connectivity index (χ3n) is 6.89. The van der Waals surface area contributed by atoms with Crippen molar-refractivity contribution in [3.8, 4) is 0 Å². The summed E-state index contributed by atoms with van der Waals surface area (Å²) < 4.78 is 60.8. The van der Waals surface area contributed by atoms with Crippen LogP contribution in [0.4, 0.5) is 20.5 Å². The van der Waals surface area contributed by atoms with E-state index >= 15 is 8.78 Å². The van der Waals surface area contributed by atoms with E-state index in [1.165, 1.54) is 15.7 Å². The molecule has 5 N–H and O–H groups in total. The van der Waals surface area contributed by atoms with Crippen molar-refractivity contribution in [1.82, 2.24) is 49.9 Å². The fourth-order valence-corrected chi connectivity index (χ4v) is 7.47. The van der Waals surface area contributed by atoms with E-state index in [0.29, 0.717) is 0 Å². The van der Waals surface area contributed by atoms with E-state index < -0.39 is 61.9 Å². The first kappa shape index (κ1) is 30.6. The number of aromatic nitrogens is 10. The maximum atomic E-state index is 15.7. The minimum Gasteiger partial charge on any atom is -0.382 e. The topological polar surface area (TPSA) is 231 Å². The van der Waals surface area contributed by atoms with Crippen molar-refractivity contribution in [3.63, 3.8) is 0 Å². The lowest BCUT2D eigenvalue weighted by Gasteiger charge is -2.18. The van der Waals surface area contributed by atoms with Gasteiger partial charge in [0.25, 0.3) is 5.56 Å². The van der Waals surface area contributed by atoms with Crippen molar-refractivity contribution in [2.75, 3.05) is 31.3 Å². The highest BCUT2D eigenvalue weighted by atomic mass is 32.2. The number of thioether (sulfide) groups is 1. The molecule has 2 aliphatic rings. The maximum absolute atomic E-state index is 15.7. The highest BCUT2D eigenvalue weighted by molar-refractivity contribution is 8.00. The number of nitrogen functional groups attached to an aromatic ring is 2. The van der Waals surface area contributed by atoms with Crippen LogP contribution in [0.25, 0.3) is 22.3 Å². The van der Waals surface area contributed by atoms with Crippen LogP contribution in [0.15, 0.2) is 11.1 Å². The summed E-state index contributed by atoms with van der Waals surface area (Å²) in [7, 11) is 1.55. The highest BCUT2D eigenvalue weighted by Gasteiger charge is 2.49. The van der Waals surface area contributed by atoms with Gasteiger partial charge in [0.1, 0.15) is 24.0 Å². The molecule has 43 heavy (non-hydrogen) atoms. The molecule has 0 aliphatic carbocycles.